The van der Waals surface area contributed by atoms with E-state index in [0.29, 0.717) is 11.1 Å². The Labute approximate surface area is 90.8 Å². The average molecular weight is 220 g/mol. The topological polar surface area (TPSA) is 96.1 Å². The molecule has 0 amide bonds. The van der Waals surface area contributed by atoms with Crippen LogP contribution in [0.2, 0.25) is 0 Å². The Bertz CT molecular complexity index is 573. The van der Waals surface area contributed by atoms with E-state index in [1.807, 2.05) is 12.1 Å². The number of benzene rings is 1. The van der Waals surface area contributed by atoms with Crippen LogP contribution in [0.1, 0.15) is 18.0 Å². The monoisotopic (exact) mass is 220 g/mol. The zero-order chi connectivity index (χ0) is 11.1. The average Bonchev–Trinajstić information content (AvgIpc) is 2.81. The molecule has 2 atom stereocenters. The second-order valence-corrected chi connectivity index (χ2v) is 3.95. The van der Waals surface area contributed by atoms with Crippen molar-refractivity contribution in [3.05, 3.63) is 34.3 Å². The Morgan fingerprint density at radius 2 is 2.25 bits per heavy atom. The third kappa shape index (κ3) is 1.53. The minimum absolute atomic E-state index is 0.0379. The van der Waals surface area contributed by atoms with Crippen molar-refractivity contribution < 1.29 is 4.42 Å². The number of fused-ring (bicyclic) bond motifs is 1. The van der Waals surface area contributed by atoms with E-state index in [0.717, 1.165) is 12.0 Å². The standard InChI is InChI=1S/C10H12N4O2/c11-9-4-6(13-14-9)5-1-2-8-7(3-5)12-10(15)16-8/h1-3,6,9,13-14H,4,11H2,(H,12,15). The SMILES string of the molecule is NC1CC(c2ccc3oc(=O)[nH]c3c2)NN1. The predicted molar refractivity (Wildman–Crippen MR) is 58.4 cm³/mol. The lowest BCUT2D eigenvalue weighted by Crippen LogP contribution is -2.36. The van der Waals surface area contributed by atoms with Gasteiger partial charge in [-0.05, 0) is 24.1 Å². The van der Waals surface area contributed by atoms with Gasteiger partial charge in [-0.1, -0.05) is 6.07 Å². The number of H-pyrrole nitrogens is 1. The van der Waals surface area contributed by atoms with Crippen LogP contribution in [0.15, 0.2) is 27.4 Å². The van der Waals surface area contributed by atoms with Gasteiger partial charge in [0, 0.05) is 6.04 Å². The van der Waals surface area contributed by atoms with Crippen molar-refractivity contribution in [3.8, 4) is 0 Å². The van der Waals surface area contributed by atoms with E-state index in [-0.39, 0.29) is 12.2 Å². The van der Waals surface area contributed by atoms with E-state index in [9.17, 15) is 4.79 Å². The van der Waals surface area contributed by atoms with Crippen LogP contribution in [0.4, 0.5) is 0 Å². The maximum atomic E-state index is 11.0. The molecule has 1 saturated heterocycles. The molecule has 0 radical (unpaired) electrons. The van der Waals surface area contributed by atoms with Crippen molar-refractivity contribution >= 4 is 11.1 Å². The Hall–Kier alpha value is -1.63. The number of oxazole rings is 1. The molecule has 6 heteroatoms. The van der Waals surface area contributed by atoms with Crippen LogP contribution < -0.4 is 22.3 Å². The predicted octanol–water partition coefficient (Wildman–Crippen LogP) is -0.0551. The number of hydrogen-bond acceptors (Lipinski definition) is 5. The van der Waals surface area contributed by atoms with Crippen LogP contribution in [0.25, 0.3) is 11.1 Å². The molecule has 1 aromatic heterocycles. The molecular formula is C10H12N4O2. The Morgan fingerprint density at radius 1 is 1.38 bits per heavy atom. The number of nitrogens with one attached hydrogen (secondary N) is 3. The highest BCUT2D eigenvalue weighted by Gasteiger charge is 2.22. The normalized spacial score (nSPS) is 25.3. The first-order chi connectivity index (χ1) is 7.72. The summed E-state index contributed by atoms with van der Waals surface area (Å²) in [6, 6.07) is 5.78. The fourth-order valence-electron chi connectivity index (χ4n) is 1.99. The van der Waals surface area contributed by atoms with Gasteiger partial charge < -0.3 is 10.2 Å². The number of hydrogen-bond donors (Lipinski definition) is 4. The molecule has 6 nitrogen and oxygen atoms in total. The summed E-state index contributed by atoms with van der Waals surface area (Å²) in [6.45, 7) is 0. The van der Waals surface area contributed by atoms with Crippen LogP contribution in [0, 0.1) is 0 Å². The molecule has 0 spiro atoms. The van der Waals surface area contributed by atoms with Gasteiger partial charge in [-0.15, -0.1) is 0 Å². The van der Waals surface area contributed by atoms with Crippen LogP contribution in [0.5, 0.6) is 0 Å². The fourth-order valence-corrected chi connectivity index (χ4v) is 1.99. The van der Waals surface area contributed by atoms with Crippen molar-refractivity contribution in [2.24, 2.45) is 5.73 Å². The molecule has 1 aromatic carbocycles. The highest BCUT2D eigenvalue weighted by atomic mass is 16.4. The molecule has 3 rings (SSSR count). The van der Waals surface area contributed by atoms with Crippen molar-refractivity contribution in [1.29, 1.82) is 0 Å². The number of rotatable bonds is 1. The van der Waals surface area contributed by atoms with Gasteiger partial charge in [0.15, 0.2) is 5.58 Å². The summed E-state index contributed by atoms with van der Waals surface area (Å²) in [5.74, 6) is -0.429. The van der Waals surface area contributed by atoms with Crippen molar-refractivity contribution in [2.45, 2.75) is 18.6 Å². The number of aromatic nitrogens is 1. The van der Waals surface area contributed by atoms with Gasteiger partial charge in [-0.3, -0.25) is 4.98 Å². The van der Waals surface area contributed by atoms with Crippen molar-refractivity contribution in [2.75, 3.05) is 0 Å². The summed E-state index contributed by atoms with van der Waals surface area (Å²) in [4.78, 5) is 13.6. The molecule has 84 valence electrons. The van der Waals surface area contributed by atoms with E-state index < -0.39 is 5.76 Å². The lowest BCUT2D eigenvalue weighted by Gasteiger charge is -2.08. The fraction of sp³-hybridized carbons (Fsp3) is 0.300. The first kappa shape index (κ1) is 9.59. The molecule has 0 bridgehead atoms. The third-order valence-corrected chi connectivity index (χ3v) is 2.78. The minimum atomic E-state index is -0.429. The maximum Gasteiger partial charge on any atom is 0.417 e. The van der Waals surface area contributed by atoms with Crippen LogP contribution in [-0.4, -0.2) is 11.1 Å². The van der Waals surface area contributed by atoms with Gasteiger partial charge in [-0.25, -0.2) is 15.6 Å². The molecular weight excluding hydrogens is 208 g/mol. The van der Waals surface area contributed by atoms with E-state index in [2.05, 4.69) is 15.8 Å². The highest BCUT2D eigenvalue weighted by Crippen LogP contribution is 2.23. The first-order valence-electron chi connectivity index (χ1n) is 5.12. The molecule has 2 aromatic rings. The highest BCUT2D eigenvalue weighted by molar-refractivity contribution is 5.72. The van der Waals surface area contributed by atoms with Crippen LogP contribution in [0.3, 0.4) is 0 Å². The van der Waals surface area contributed by atoms with E-state index in [1.54, 1.807) is 6.07 Å². The zero-order valence-corrected chi connectivity index (χ0v) is 8.49. The molecule has 2 unspecified atom stereocenters. The van der Waals surface area contributed by atoms with E-state index in [1.165, 1.54) is 0 Å². The molecule has 16 heavy (non-hydrogen) atoms. The van der Waals surface area contributed by atoms with Gasteiger partial charge in [0.25, 0.3) is 0 Å². The summed E-state index contributed by atoms with van der Waals surface area (Å²) in [5.41, 5.74) is 14.1. The van der Waals surface area contributed by atoms with Gasteiger partial charge in [0.2, 0.25) is 0 Å². The van der Waals surface area contributed by atoms with Crippen molar-refractivity contribution in [1.82, 2.24) is 15.8 Å². The Kier molecular flexibility index (Phi) is 2.06. The molecule has 1 aliphatic rings. The van der Waals surface area contributed by atoms with Gasteiger partial charge in [-0.2, -0.15) is 0 Å². The quantitative estimate of drug-likeness (QED) is 0.540. The molecule has 0 saturated carbocycles. The van der Waals surface area contributed by atoms with Gasteiger partial charge in [0.05, 0.1) is 11.7 Å². The van der Waals surface area contributed by atoms with E-state index >= 15 is 0 Å². The van der Waals surface area contributed by atoms with E-state index in [4.69, 9.17) is 10.2 Å². The summed E-state index contributed by atoms with van der Waals surface area (Å²) in [5, 5.41) is 0. The van der Waals surface area contributed by atoms with Gasteiger partial charge >= 0.3 is 5.76 Å². The summed E-state index contributed by atoms with van der Waals surface area (Å²) < 4.78 is 4.93. The summed E-state index contributed by atoms with van der Waals surface area (Å²) in [6.07, 6.45) is 0.775. The smallest absolute Gasteiger partial charge is 0.408 e. The zero-order valence-electron chi connectivity index (χ0n) is 8.49. The molecule has 2 heterocycles. The first-order valence-corrected chi connectivity index (χ1v) is 5.12. The number of aromatic amines is 1. The lowest BCUT2D eigenvalue weighted by atomic mass is 10.0. The molecule has 5 N–H and O–H groups in total. The molecule has 0 aliphatic carbocycles. The summed E-state index contributed by atoms with van der Waals surface area (Å²) in [7, 11) is 0. The molecule has 1 fully saturated rings. The Morgan fingerprint density at radius 3 is 3.00 bits per heavy atom. The lowest BCUT2D eigenvalue weighted by molar-refractivity contribution is 0.550. The van der Waals surface area contributed by atoms with Crippen LogP contribution >= 0.6 is 0 Å². The number of hydrazine groups is 1. The Balaban J connectivity index is 2.01. The minimum Gasteiger partial charge on any atom is -0.408 e. The summed E-state index contributed by atoms with van der Waals surface area (Å²) >= 11 is 0. The number of nitrogens with two attached hydrogens (primary N) is 1. The van der Waals surface area contributed by atoms with Crippen LogP contribution in [-0.2, 0) is 0 Å². The largest absolute Gasteiger partial charge is 0.417 e. The second kappa shape index (κ2) is 3.44. The third-order valence-electron chi connectivity index (χ3n) is 2.78. The van der Waals surface area contributed by atoms with Gasteiger partial charge in [0.1, 0.15) is 0 Å². The maximum absolute atomic E-state index is 11.0. The van der Waals surface area contributed by atoms with Crippen molar-refractivity contribution in [3.63, 3.8) is 0 Å². The molecule has 1 aliphatic heterocycles. The second-order valence-electron chi connectivity index (χ2n) is 3.95.